The highest BCUT2D eigenvalue weighted by atomic mass is 35.5. The lowest BCUT2D eigenvalue weighted by atomic mass is 10.2. The van der Waals surface area contributed by atoms with Gasteiger partial charge in [-0.05, 0) is 37.0 Å². The van der Waals surface area contributed by atoms with Gasteiger partial charge in [-0.1, -0.05) is 35.1 Å². The summed E-state index contributed by atoms with van der Waals surface area (Å²) >= 11 is 7.74. The average molecular weight is 490 g/mol. The van der Waals surface area contributed by atoms with Crippen LogP contribution in [0.25, 0.3) is 6.08 Å². The number of nitrogens with one attached hydrogen (secondary N) is 1. The minimum Gasteiger partial charge on any atom is -0.493 e. The Labute approximate surface area is 203 Å². The van der Waals surface area contributed by atoms with Crippen molar-refractivity contribution in [3.05, 3.63) is 53.0 Å². The molecule has 2 heterocycles. The molecule has 2 aromatic rings. The van der Waals surface area contributed by atoms with Crippen LogP contribution < -0.4 is 14.8 Å². The summed E-state index contributed by atoms with van der Waals surface area (Å²) < 4.78 is 16.9. The van der Waals surface area contributed by atoms with E-state index in [4.69, 9.17) is 25.8 Å². The number of carbonyl (C=O) groups is 1. The van der Waals surface area contributed by atoms with Gasteiger partial charge < -0.3 is 19.5 Å². The maximum atomic E-state index is 12.3. The van der Waals surface area contributed by atoms with Crippen LogP contribution in [0.5, 0.6) is 16.7 Å². The quantitative estimate of drug-likeness (QED) is 0.472. The normalized spacial score (nSPS) is 17.6. The Morgan fingerprint density at radius 1 is 1.39 bits per heavy atom. The Hall–Kier alpha value is -2.39. The SMILES string of the molecule is C=C[C@@H](/C=C/c1cnc(Oc2ccc(OCC3CC3)cc2Cl)s1)NC(=O)CN1CCOCC1. The first kappa shape index (κ1) is 23.8. The summed E-state index contributed by atoms with van der Waals surface area (Å²) in [6, 6.07) is 5.13. The monoisotopic (exact) mass is 489 g/mol. The molecule has 2 fully saturated rings. The van der Waals surface area contributed by atoms with Crippen LogP contribution in [0.15, 0.2) is 43.1 Å². The molecule has 1 atom stereocenters. The predicted octanol–water partition coefficient (Wildman–Crippen LogP) is 4.39. The molecule has 1 amide bonds. The molecule has 9 heteroatoms. The van der Waals surface area contributed by atoms with Gasteiger partial charge in [-0.15, -0.1) is 6.58 Å². The van der Waals surface area contributed by atoms with Crippen molar-refractivity contribution >= 4 is 34.9 Å². The molecule has 176 valence electrons. The number of morpholine rings is 1. The van der Waals surface area contributed by atoms with Gasteiger partial charge in [-0.25, -0.2) is 4.98 Å². The van der Waals surface area contributed by atoms with Gasteiger partial charge in [-0.3, -0.25) is 9.69 Å². The largest absolute Gasteiger partial charge is 0.493 e. The van der Waals surface area contributed by atoms with Gasteiger partial charge in [0.15, 0.2) is 0 Å². The number of nitrogens with zero attached hydrogens (tertiary/aromatic N) is 2. The summed E-state index contributed by atoms with van der Waals surface area (Å²) in [7, 11) is 0. The molecule has 0 spiro atoms. The van der Waals surface area contributed by atoms with Crippen molar-refractivity contribution in [2.45, 2.75) is 18.9 Å². The van der Waals surface area contributed by atoms with Gasteiger partial charge in [0, 0.05) is 25.4 Å². The van der Waals surface area contributed by atoms with Crippen molar-refractivity contribution in [1.82, 2.24) is 15.2 Å². The number of benzene rings is 1. The van der Waals surface area contributed by atoms with E-state index in [1.165, 1.54) is 24.2 Å². The van der Waals surface area contributed by atoms with E-state index in [0.29, 0.717) is 41.6 Å². The first-order valence-corrected chi connectivity index (χ1v) is 12.2. The van der Waals surface area contributed by atoms with Gasteiger partial charge in [0.2, 0.25) is 5.91 Å². The molecule has 2 aliphatic rings. The highest BCUT2D eigenvalue weighted by Gasteiger charge is 2.22. The molecule has 33 heavy (non-hydrogen) atoms. The Balaban J connectivity index is 1.28. The summed E-state index contributed by atoms with van der Waals surface area (Å²) in [4.78, 5) is 19.6. The average Bonchev–Trinajstić information content (AvgIpc) is 3.55. The zero-order chi connectivity index (χ0) is 23.0. The van der Waals surface area contributed by atoms with E-state index in [1.807, 2.05) is 18.2 Å². The number of hydrogen-bond acceptors (Lipinski definition) is 7. The smallest absolute Gasteiger partial charge is 0.279 e. The van der Waals surface area contributed by atoms with E-state index in [0.717, 1.165) is 30.3 Å². The molecule has 1 aliphatic carbocycles. The minimum absolute atomic E-state index is 0.0426. The predicted molar refractivity (Wildman–Crippen MR) is 130 cm³/mol. The van der Waals surface area contributed by atoms with Crippen LogP contribution in [-0.2, 0) is 9.53 Å². The Kier molecular flexibility index (Phi) is 8.39. The molecule has 0 radical (unpaired) electrons. The third-order valence-corrected chi connectivity index (χ3v) is 6.44. The van der Waals surface area contributed by atoms with Crippen LogP contribution in [0.1, 0.15) is 17.7 Å². The molecule has 1 aromatic carbocycles. The van der Waals surface area contributed by atoms with E-state index in [-0.39, 0.29) is 11.9 Å². The number of rotatable bonds is 11. The topological polar surface area (TPSA) is 72.9 Å². The van der Waals surface area contributed by atoms with Gasteiger partial charge in [-0.2, -0.15) is 0 Å². The van der Waals surface area contributed by atoms with E-state index in [2.05, 4.69) is 21.8 Å². The van der Waals surface area contributed by atoms with Crippen LogP contribution in [0.3, 0.4) is 0 Å². The van der Waals surface area contributed by atoms with E-state index < -0.39 is 0 Å². The lowest BCUT2D eigenvalue weighted by Crippen LogP contribution is -2.45. The molecule has 1 N–H and O–H groups in total. The molecule has 1 aliphatic heterocycles. The molecule has 0 bridgehead atoms. The number of thiazole rings is 1. The lowest BCUT2D eigenvalue weighted by molar-refractivity contribution is -0.123. The maximum Gasteiger partial charge on any atom is 0.279 e. The maximum absolute atomic E-state index is 12.3. The minimum atomic E-state index is -0.275. The molecule has 1 saturated carbocycles. The van der Waals surface area contributed by atoms with Crippen LogP contribution in [0.4, 0.5) is 0 Å². The number of hydrogen-bond donors (Lipinski definition) is 1. The number of aromatic nitrogens is 1. The Bertz CT molecular complexity index is 986. The van der Waals surface area contributed by atoms with Crippen molar-refractivity contribution in [3.8, 4) is 16.7 Å². The second-order valence-corrected chi connectivity index (χ2v) is 9.49. The van der Waals surface area contributed by atoms with Gasteiger partial charge >= 0.3 is 0 Å². The van der Waals surface area contributed by atoms with Crippen LogP contribution in [-0.4, -0.2) is 61.3 Å². The van der Waals surface area contributed by atoms with Gasteiger partial charge in [0.25, 0.3) is 5.19 Å². The van der Waals surface area contributed by atoms with Gasteiger partial charge in [0.05, 0.1) is 42.3 Å². The molecule has 4 rings (SSSR count). The Morgan fingerprint density at radius 2 is 2.21 bits per heavy atom. The standard InChI is InChI=1S/C24H28ClN3O4S/c1-2-18(27-23(29)15-28-9-11-30-12-10-28)5-7-20-14-26-24(33-20)32-22-8-6-19(13-21(22)25)31-16-17-3-4-17/h2,5-8,13-14,17-18H,1,3-4,9-12,15-16H2,(H,27,29)/b7-5+/t18-/m0/s1. The van der Waals surface area contributed by atoms with Crippen molar-refractivity contribution in [2.24, 2.45) is 5.92 Å². The summed E-state index contributed by atoms with van der Waals surface area (Å²) in [6.07, 6.45) is 9.66. The van der Waals surface area contributed by atoms with Crippen molar-refractivity contribution < 1.29 is 19.0 Å². The van der Waals surface area contributed by atoms with Crippen LogP contribution >= 0.6 is 22.9 Å². The fraction of sp³-hybridized carbons (Fsp3) is 0.417. The van der Waals surface area contributed by atoms with Gasteiger partial charge in [0.1, 0.15) is 11.5 Å². The fourth-order valence-corrected chi connectivity index (χ4v) is 4.12. The second-order valence-electron chi connectivity index (χ2n) is 8.05. The molecular formula is C24H28ClN3O4S. The van der Waals surface area contributed by atoms with Crippen molar-refractivity contribution in [2.75, 3.05) is 39.5 Å². The number of amides is 1. The summed E-state index contributed by atoms with van der Waals surface area (Å²) in [5.74, 6) is 1.91. The highest BCUT2D eigenvalue weighted by molar-refractivity contribution is 7.14. The van der Waals surface area contributed by atoms with Crippen LogP contribution in [0.2, 0.25) is 5.02 Å². The van der Waals surface area contributed by atoms with E-state index in [9.17, 15) is 4.79 Å². The molecule has 1 saturated heterocycles. The van der Waals surface area contributed by atoms with Crippen molar-refractivity contribution in [1.29, 1.82) is 0 Å². The molecule has 0 unspecified atom stereocenters. The first-order chi connectivity index (χ1) is 16.1. The Morgan fingerprint density at radius 3 is 2.94 bits per heavy atom. The fourth-order valence-electron chi connectivity index (χ4n) is 3.22. The zero-order valence-corrected chi connectivity index (χ0v) is 19.9. The molecule has 7 nitrogen and oxygen atoms in total. The molecular weight excluding hydrogens is 462 g/mol. The number of carbonyl (C=O) groups excluding carboxylic acids is 1. The third kappa shape index (κ3) is 7.57. The van der Waals surface area contributed by atoms with Crippen molar-refractivity contribution in [3.63, 3.8) is 0 Å². The summed E-state index contributed by atoms with van der Waals surface area (Å²) in [6.45, 7) is 7.77. The highest BCUT2D eigenvalue weighted by Crippen LogP contribution is 2.35. The first-order valence-electron chi connectivity index (χ1n) is 11.1. The third-order valence-electron chi connectivity index (χ3n) is 5.31. The summed E-state index contributed by atoms with van der Waals surface area (Å²) in [5.41, 5.74) is 0. The second kappa shape index (κ2) is 11.7. The number of ether oxygens (including phenoxy) is 3. The van der Waals surface area contributed by atoms with E-state index in [1.54, 1.807) is 24.4 Å². The zero-order valence-electron chi connectivity index (χ0n) is 18.4. The summed E-state index contributed by atoms with van der Waals surface area (Å²) in [5, 5.41) is 3.92. The number of halogens is 1. The molecule has 1 aromatic heterocycles. The van der Waals surface area contributed by atoms with Crippen LogP contribution in [0, 0.1) is 5.92 Å². The van der Waals surface area contributed by atoms with E-state index >= 15 is 0 Å². The lowest BCUT2D eigenvalue weighted by Gasteiger charge is -2.26.